The minimum atomic E-state index is -0.406. The van der Waals surface area contributed by atoms with E-state index in [0.29, 0.717) is 28.0 Å². The molecular formula is C20H20N4O4. The van der Waals surface area contributed by atoms with Gasteiger partial charge >= 0.3 is 0 Å². The minimum Gasteiger partial charge on any atom is -0.496 e. The molecule has 0 saturated heterocycles. The molecule has 0 atom stereocenters. The summed E-state index contributed by atoms with van der Waals surface area (Å²) in [4.78, 5) is 45.2. The Bertz CT molecular complexity index is 1080. The van der Waals surface area contributed by atoms with Gasteiger partial charge in [-0.25, -0.2) is 4.98 Å². The highest BCUT2D eigenvalue weighted by Crippen LogP contribution is 2.16. The van der Waals surface area contributed by atoms with Gasteiger partial charge in [-0.1, -0.05) is 24.3 Å². The van der Waals surface area contributed by atoms with E-state index in [1.54, 1.807) is 55.6 Å². The van der Waals surface area contributed by atoms with Crippen LogP contribution >= 0.6 is 0 Å². The second-order valence-corrected chi connectivity index (χ2v) is 6.16. The molecule has 0 aliphatic carbocycles. The topological polar surface area (TPSA) is 104 Å². The van der Waals surface area contributed by atoms with Crippen LogP contribution < -0.4 is 15.6 Å². The number of aromatic amines is 1. The molecule has 8 nitrogen and oxygen atoms in total. The quantitative estimate of drug-likeness (QED) is 0.671. The number of hydrogen-bond acceptors (Lipinski definition) is 5. The molecule has 3 aromatic rings. The smallest absolute Gasteiger partial charge is 0.258 e. The van der Waals surface area contributed by atoms with Gasteiger partial charge in [-0.2, -0.15) is 0 Å². The molecule has 2 N–H and O–H groups in total. The third-order valence-electron chi connectivity index (χ3n) is 4.23. The third kappa shape index (κ3) is 4.17. The van der Waals surface area contributed by atoms with E-state index >= 15 is 0 Å². The second kappa shape index (κ2) is 8.34. The van der Waals surface area contributed by atoms with Gasteiger partial charge in [0.15, 0.2) is 0 Å². The zero-order chi connectivity index (χ0) is 20.1. The molecule has 8 heteroatoms. The van der Waals surface area contributed by atoms with E-state index in [-0.39, 0.29) is 24.6 Å². The number of amides is 2. The van der Waals surface area contributed by atoms with E-state index < -0.39 is 5.91 Å². The largest absolute Gasteiger partial charge is 0.496 e. The standard InChI is InChI=1S/C20H20N4O4/c1-24(12-17-22-15-9-5-3-7-13(15)20(27)23-17)18(25)11-21-19(26)14-8-4-6-10-16(14)28-2/h3-10H,11-12H2,1-2H3,(H,21,26)(H,22,23,27). The van der Waals surface area contributed by atoms with Crippen LogP contribution in [0.25, 0.3) is 10.9 Å². The van der Waals surface area contributed by atoms with E-state index in [2.05, 4.69) is 15.3 Å². The number of benzene rings is 2. The first-order valence-corrected chi connectivity index (χ1v) is 8.62. The fraction of sp³-hybridized carbons (Fsp3) is 0.200. The van der Waals surface area contributed by atoms with Crippen LogP contribution in [0.15, 0.2) is 53.3 Å². The molecule has 1 aromatic heterocycles. The van der Waals surface area contributed by atoms with Crippen molar-refractivity contribution >= 4 is 22.7 Å². The van der Waals surface area contributed by atoms with Crippen molar-refractivity contribution in [2.75, 3.05) is 20.7 Å². The predicted octanol–water partition coefficient (Wildman–Crippen LogP) is 1.32. The molecule has 0 spiro atoms. The normalized spacial score (nSPS) is 10.5. The highest BCUT2D eigenvalue weighted by Gasteiger charge is 2.15. The van der Waals surface area contributed by atoms with Crippen molar-refractivity contribution in [2.24, 2.45) is 0 Å². The van der Waals surface area contributed by atoms with Gasteiger partial charge in [0.1, 0.15) is 11.6 Å². The number of likely N-dealkylation sites (N-methyl/N-ethyl adjacent to an activating group) is 1. The van der Waals surface area contributed by atoms with Crippen molar-refractivity contribution in [2.45, 2.75) is 6.54 Å². The molecule has 0 radical (unpaired) electrons. The number of para-hydroxylation sites is 2. The van der Waals surface area contributed by atoms with Crippen molar-refractivity contribution in [3.63, 3.8) is 0 Å². The first-order chi connectivity index (χ1) is 13.5. The van der Waals surface area contributed by atoms with Crippen LogP contribution in [0.3, 0.4) is 0 Å². The van der Waals surface area contributed by atoms with Crippen LogP contribution in [0.5, 0.6) is 5.75 Å². The van der Waals surface area contributed by atoms with Crippen molar-refractivity contribution in [3.05, 3.63) is 70.3 Å². The van der Waals surface area contributed by atoms with Crippen LogP contribution in [0.1, 0.15) is 16.2 Å². The van der Waals surface area contributed by atoms with Crippen LogP contribution in [0.4, 0.5) is 0 Å². The summed E-state index contributed by atoms with van der Waals surface area (Å²) in [6.07, 6.45) is 0. The number of hydrogen-bond donors (Lipinski definition) is 2. The maximum absolute atomic E-state index is 12.3. The van der Waals surface area contributed by atoms with Gasteiger partial charge in [-0.15, -0.1) is 0 Å². The zero-order valence-corrected chi connectivity index (χ0v) is 15.6. The number of H-pyrrole nitrogens is 1. The first kappa shape index (κ1) is 19.1. The Hall–Kier alpha value is -3.68. The summed E-state index contributed by atoms with van der Waals surface area (Å²) in [6.45, 7) is -0.0748. The number of aromatic nitrogens is 2. The fourth-order valence-corrected chi connectivity index (χ4v) is 2.74. The van der Waals surface area contributed by atoms with E-state index in [1.807, 2.05) is 0 Å². The number of ether oxygens (including phenoxy) is 1. The van der Waals surface area contributed by atoms with E-state index in [9.17, 15) is 14.4 Å². The van der Waals surface area contributed by atoms with Crippen LogP contribution in [0.2, 0.25) is 0 Å². The molecule has 144 valence electrons. The summed E-state index contributed by atoms with van der Waals surface area (Å²) in [5, 5.41) is 3.07. The minimum absolute atomic E-state index is 0.115. The van der Waals surface area contributed by atoms with Gasteiger partial charge in [0.25, 0.3) is 11.5 Å². The highest BCUT2D eigenvalue weighted by molar-refractivity contribution is 5.98. The number of carbonyl (C=O) groups excluding carboxylic acids is 2. The van der Waals surface area contributed by atoms with Crippen LogP contribution in [-0.2, 0) is 11.3 Å². The molecule has 0 aliphatic heterocycles. The van der Waals surface area contributed by atoms with E-state index in [4.69, 9.17) is 4.74 Å². The predicted molar refractivity (Wildman–Crippen MR) is 104 cm³/mol. The molecule has 0 saturated carbocycles. The molecule has 3 rings (SSSR count). The number of nitrogens with zero attached hydrogens (tertiary/aromatic N) is 2. The van der Waals surface area contributed by atoms with Crippen molar-refractivity contribution in [1.82, 2.24) is 20.2 Å². The zero-order valence-electron chi connectivity index (χ0n) is 15.6. The SMILES string of the molecule is COc1ccccc1C(=O)NCC(=O)N(C)Cc1nc2ccccc2c(=O)[nH]1. The fourth-order valence-electron chi connectivity index (χ4n) is 2.74. The van der Waals surface area contributed by atoms with Gasteiger partial charge in [0.05, 0.1) is 36.7 Å². The number of nitrogens with one attached hydrogen (secondary N) is 2. The van der Waals surface area contributed by atoms with Gasteiger partial charge in [-0.05, 0) is 24.3 Å². The third-order valence-corrected chi connectivity index (χ3v) is 4.23. The van der Waals surface area contributed by atoms with Crippen LogP contribution in [0, 0.1) is 0 Å². The lowest BCUT2D eigenvalue weighted by Gasteiger charge is -2.17. The molecular weight excluding hydrogens is 360 g/mol. The summed E-state index contributed by atoms with van der Waals surface area (Å²) in [5.74, 6) is 0.0739. The average Bonchev–Trinajstić information content (AvgIpc) is 2.71. The van der Waals surface area contributed by atoms with Crippen molar-refractivity contribution < 1.29 is 14.3 Å². The van der Waals surface area contributed by atoms with E-state index in [1.165, 1.54) is 12.0 Å². The highest BCUT2D eigenvalue weighted by atomic mass is 16.5. The Balaban J connectivity index is 1.63. The summed E-state index contributed by atoms with van der Waals surface area (Å²) >= 11 is 0. The monoisotopic (exact) mass is 380 g/mol. The Morgan fingerprint density at radius 3 is 2.64 bits per heavy atom. The maximum Gasteiger partial charge on any atom is 0.258 e. The molecule has 0 bridgehead atoms. The molecule has 0 aliphatic rings. The summed E-state index contributed by atoms with van der Waals surface area (Å²) in [7, 11) is 3.05. The summed E-state index contributed by atoms with van der Waals surface area (Å²) < 4.78 is 5.15. The molecule has 0 fully saturated rings. The Morgan fingerprint density at radius 1 is 1.14 bits per heavy atom. The summed E-state index contributed by atoms with van der Waals surface area (Å²) in [5.41, 5.74) is 0.651. The van der Waals surface area contributed by atoms with Gasteiger partial charge < -0.3 is 19.9 Å². The molecule has 28 heavy (non-hydrogen) atoms. The van der Waals surface area contributed by atoms with Gasteiger partial charge in [-0.3, -0.25) is 14.4 Å². The van der Waals surface area contributed by atoms with Gasteiger partial charge in [0.2, 0.25) is 5.91 Å². The Morgan fingerprint density at radius 2 is 1.86 bits per heavy atom. The number of rotatable bonds is 6. The lowest BCUT2D eigenvalue weighted by Crippen LogP contribution is -2.38. The average molecular weight is 380 g/mol. The molecule has 2 amide bonds. The maximum atomic E-state index is 12.3. The van der Waals surface area contributed by atoms with Crippen molar-refractivity contribution in [1.29, 1.82) is 0 Å². The van der Waals surface area contributed by atoms with E-state index in [0.717, 1.165) is 0 Å². The molecule has 1 heterocycles. The second-order valence-electron chi connectivity index (χ2n) is 6.16. The summed E-state index contributed by atoms with van der Waals surface area (Å²) in [6, 6.07) is 13.7. The van der Waals surface area contributed by atoms with Crippen molar-refractivity contribution in [3.8, 4) is 5.75 Å². The molecule has 0 unspecified atom stereocenters. The van der Waals surface area contributed by atoms with Gasteiger partial charge in [0, 0.05) is 7.05 Å². The first-order valence-electron chi connectivity index (χ1n) is 8.62. The number of fused-ring (bicyclic) bond motifs is 1. The lowest BCUT2D eigenvalue weighted by molar-refractivity contribution is -0.129. The van der Waals surface area contributed by atoms with Crippen LogP contribution in [-0.4, -0.2) is 47.4 Å². The lowest BCUT2D eigenvalue weighted by atomic mass is 10.2. The Labute approximate surface area is 161 Å². The number of carbonyl (C=O) groups is 2. The Kier molecular flexibility index (Phi) is 5.69. The molecule has 2 aromatic carbocycles. The number of methoxy groups -OCH3 is 1.